The van der Waals surface area contributed by atoms with Gasteiger partial charge in [-0.25, -0.2) is 0 Å². The summed E-state index contributed by atoms with van der Waals surface area (Å²) >= 11 is 0. The summed E-state index contributed by atoms with van der Waals surface area (Å²) in [5, 5.41) is 0. The van der Waals surface area contributed by atoms with Crippen LogP contribution in [0.15, 0.2) is 0 Å². The number of unbranched alkanes of at least 4 members (excludes halogenated alkanes) is 1. The van der Waals surface area contributed by atoms with Crippen LogP contribution in [0, 0.1) is 11.8 Å². The molecule has 27 heavy (non-hydrogen) atoms. The van der Waals surface area contributed by atoms with E-state index < -0.39 is 0 Å². The summed E-state index contributed by atoms with van der Waals surface area (Å²) < 4.78 is 11.0. The highest BCUT2D eigenvalue weighted by Crippen LogP contribution is 2.33. The van der Waals surface area contributed by atoms with Gasteiger partial charge in [0.25, 0.3) is 0 Å². The van der Waals surface area contributed by atoms with Crippen LogP contribution in [0.1, 0.15) is 64.7 Å². The van der Waals surface area contributed by atoms with Crippen molar-refractivity contribution in [3.05, 3.63) is 0 Å². The van der Waals surface area contributed by atoms with E-state index in [9.17, 15) is 4.79 Å². The molecule has 0 N–H and O–H groups in total. The number of rotatable bonds is 8. The van der Waals surface area contributed by atoms with Gasteiger partial charge in [0, 0.05) is 51.4 Å². The molecule has 2 saturated heterocycles. The summed E-state index contributed by atoms with van der Waals surface area (Å²) in [6, 6.07) is 0.380. The highest BCUT2D eigenvalue weighted by Gasteiger charge is 2.33. The van der Waals surface area contributed by atoms with Crippen LogP contribution in [0.25, 0.3) is 0 Å². The summed E-state index contributed by atoms with van der Waals surface area (Å²) in [5.74, 6) is 1.55. The van der Waals surface area contributed by atoms with E-state index >= 15 is 0 Å². The Bertz CT molecular complexity index is 425. The number of nitrogens with zero attached hydrogens (tertiary/aromatic N) is 2. The first-order chi connectivity index (χ1) is 13.3. The molecule has 156 valence electrons. The van der Waals surface area contributed by atoms with Gasteiger partial charge in [0.1, 0.15) is 0 Å². The van der Waals surface area contributed by atoms with Crippen LogP contribution >= 0.6 is 0 Å². The van der Waals surface area contributed by atoms with Crippen LogP contribution in [-0.4, -0.2) is 74.4 Å². The molecule has 1 amide bonds. The van der Waals surface area contributed by atoms with E-state index in [1.54, 1.807) is 0 Å². The van der Waals surface area contributed by atoms with Gasteiger partial charge in [-0.15, -0.1) is 0 Å². The number of ether oxygens (including phenoxy) is 2. The van der Waals surface area contributed by atoms with E-state index in [2.05, 4.69) is 16.7 Å². The molecule has 0 spiro atoms. The largest absolute Gasteiger partial charge is 0.381 e. The van der Waals surface area contributed by atoms with E-state index in [1.807, 2.05) is 0 Å². The Morgan fingerprint density at radius 3 is 2.30 bits per heavy atom. The van der Waals surface area contributed by atoms with Gasteiger partial charge in [0.15, 0.2) is 0 Å². The van der Waals surface area contributed by atoms with Crippen molar-refractivity contribution in [2.75, 3.05) is 52.6 Å². The number of morpholine rings is 1. The van der Waals surface area contributed by atoms with Crippen molar-refractivity contribution >= 4 is 5.91 Å². The molecule has 3 aliphatic rings. The van der Waals surface area contributed by atoms with Crippen LogP contribution in [0.2, 0.25) is 0 Å². The second-order valence-corrected chi connectivity index (χ2v) is 8.69. The molecule has 5 heteroatoms. The summed E-state index contributed by atoms with van der Waals surface area (Å²) in [6.07, 6.45) is 10.7. The predicted molar refractivity (Wildman–Crippen MR) is 108 cm³/mol. The smallest absolute Gasteiger partial charge is 0.225 e. The van der Waals surface area contributed by atoms with Crippen molar-refractivity contribution in [3.63, 3.8) is 0 Å². The molecule has 0 aromatic carbocycles. The third kappa shape index (κ3) is 6.43. The highest BCUT2D eigenvalue weighted by atomic mass is 16.5. The normalized spacial score (nSPS) is 28.2. The van der Waals surface area contributed by atoms with Crippen molar-refractivity contribution in [1.29, 1.82) is 0 Å². The lowest BCUT2D eigenvalue weighted by molar-refractivity contribution is -0.141. The number of hydrogen-bond donors (Lipinski definition) is 0. The Balaban J connectivity index is 1.53. The Morgan fingerprint density at radius 2 is 1.63 bits per heavy atom. The highest BCUT2D eigenvalue weighted by molar-refractivity contribution is 5.79. The fourth-order valence-electron chi connectivity index (χ4n) is 4.97. The van der Waals surface area contributed by atoms with Crippen molar-refractivity contribution in [3.8, 4) is 0 Å². The van der Waals surface area contributed by atoms with Crippen molar-refractivity contribution in [1.82, 2.24) is 9.80 Å². The fourth-order valence-corrected chi connectivity index (χ4v) is 4.97. The average Bonchev–Trinajstić information content (AvgIpc) is 2.74. The Kier molecular flexibility index (Phi) is 8.88. The first kappa shape index (κ1) is 21.1. The maximum Gasteiger partial charge on any atom is 0.225 e. The topological polar surface area (TPSA) is 42.0 Å². The second-order valence-electron chi connectivity index (χ2n) is 8.69. The molecule has 0 bridgehead atoms. The van der Waals surface area contributed by atoms with Gasteiger partial charge in [-0.3, -0.25) is 9.69 Å². The van der Waals surface area contributed by atoms with E-state index in [4.69, 9.17) is 9.47 Å². The fraction of sp³-hybridized carbons (Fsp3) is 0.955. The quantitative estimate of drug-likeness (QED) is 0.648. The Labute approximate surface area is 165 Å². The van der Waals surface area contributed by atoms with Crippen LogP contribution in [0.4, 0.5) is 0 Å². The molecule has 0 aromatic heterocycles. The van der Waals surface area contributed by atoms with Gasteiger partial charge in [-0.05, 0) is 44.4 Å². The zero-order valence-corrected chi connectivity index (χ0v) is 17.4. The third-order valence-corrected chi connectivity index (χ3v) is 6.84. The van der Waals surface area contributed by atoms with E-state index in [0.29, 0.717) is 11.9 Å². The Morgan fingerprint density at radius 1 is 0.963 bits per heavy atom. The van der Waals surface area contributed by atoms with Gasteiger partial charge in [-0.1, -0.05) is 26.2 Å². The van der Waals surface area contributed by atoms with E-state index in [1.165, 1.54) is 32.1 Å². The third-order valence-electron chi connectivity index (χ3n) is 6.84. The lowest BCUT2D eigenvalue weighted by Crippen LogP contribution is -2.50. The Hall–Kier alpha value is -0.650. The van der Waals surface area contributed by atoms with Gasteiger partial charge in [0.05, 0.1) is 13.2 Å². The SMILES string of the molecule is CCCCC1CCC(C(=O)N(CCN2CCOCC2)C2CCOCC2)CC1. The van der Waals surface area contributed by atoms with Crippen LogP contribution in [0.3, 0.4) is 0 Å². The number of hydrogen-bond acceptors (Lipinski definition) is 4. The van der Waals surface area contributed by atoms with Gasteiger partial charge in [0.2, 0.25) is 5.91 Å². The molecule has 1 saturated carbocycles. The first-order valence-corrected chi connectivity index (χ1v) is 11.5. The molecule has 3 fully saturated rings. The maximum absolute atomic E-state index is 13.4. The van der Waals surface area contributed by atoms with Gasteiger partial charge >= 0.3 is 0 Å². The monoisotopic (exact) mass is 380 g/mol. The minimum absolute atomic E-state index is 0.260. The van der Waals surface area contributed by atoms with Gasteiger partial charge in [-0.2, -0.15) is 0 Å². The summed E-state index contributed by atoms with van der Waals surface area (Å²) in [4.78, 5) is 18.1. The molecule has 0 radical (unpaired) electrons. The summed E-state index contributed by atoms with van der Waals surface area (Å²) in [5.41, 5.74) is 0. The lowest BCUT2D eigenvalue weighted by atomic mass is 9.79. The minimum Gasteiger partial charge on any atom is -0.381 e. The standard InChI is InChI=1S/C22H40N2O3/c1-2-3-4-19-5-7-20(8-6-19)22(25)24(21-9-15-26-16-10-21)12-11-23-13-17-27-18-14-23/h19-21H,2-18H2,1H3. The van der Waals surface area contributed by atoms with E-state index in [0.717, 1.165) is 84.2 Å². The molecule has 0 aromatic rings. The van der Waals surface area contributed by atoms with Crippen LogP contribution in [-0.2, 0) is 14.3 Å². The maximum atomic E-state index is 13.4. The summed E-state index contributed by atoms with van der Waals surface area (Å²) in [7, 11) is 0. The number of carbonyl (C=O) groups excluding carboxylic acids is 1. The van der Waals surface area contributed by atoms with Crippen LogP contribution in [0.5, 0.6) is 0 Å². The molecule has 0 unspecified atom stereocenters. The molecular formula is C22H40N2O3. The molecule has 2 heterocycles. The lowest BCUT2D eigenvalue weighted by Gasteiger charge is -2.39. The number of carbonyl (C=O) groups is 1. The summed E-state index contributed by atoms with van der Waals surface area (Å²) in [6.45, 7) is 9.38. The molecule has 1 aliphatic carbocycles. The second kappa shape index (κ2) is 11.4. The zero-order chi connectivity index (χ0) is 18.9. The van der Waals surface area contributed by atoms with Crippen molar-refractivity contribution in [2.24, 2.45) is 11.8 Å². The molecule has 5 nitrogen and oxygen atoms in total. The first-order valence-electron chi connectivity index (χ1n) is 11.5. The van der Waals surface area contributed by atoms with Crippen molar-refractivity contribution < 1.29 is 14.3 Å². The molecule has 3 rings (SSSR count). The minimum atomic E-state index is 0.260. The van der Waals surface area contributed by atoms with E-state index in [-0.39, 0.29) is 5.92 Å². The molecular weight excluding hydrogens is 340 g/mol. The van der Waals surface area contributed by atoms with Crippen LogP contribution < -0.4 is 0 Å². The number of amides is 1. The zero-order valence-electron chi connectivity index (χ0n) is 17.4. The molecule has 0 atom stereocenters. The predicted octanol–water partition coefficient (Wildman–Crippen LogP) is 3.32. The van der Waals surface area contributed by atoms with Gasteiger partial charge < -0.3 is 14.4 Å². The average molecular weight is 381 g/mol. The van der Waals surface area contributed by atoms with Crippen molar-refractivity contribution in [2.45, 2.75) is 70.8 Å². The molecule has 2 aliphatic heterocycles.